The molecule has 1 heterocycles. The van der Waals surface area contributed by atoms with Gasteiger partial charge in [0.15, 0.2) is 0 Å². The van der Waals surface area contributed by atoms with Crippen LogP contribution in [0.15, 0.2) is 66.0 Å². The number of anilines is 1. The maximum atomic E-state index is 12.2. The molecule has 0 radical (unpaired) electrons. The van der Waals surface area contributed by atoms with Gasteiger partial charge in [-0.1, -0.05) is 36.4 Å². The Labute approximate surface area is 145 Å². The van der Waals surface area contributed by atoms with E-state index in [-0.39, 0.29) is 6.03 Å². The Morgan fingerprint density at radius 1 is 1.04 bits per heavy atom. The van der Waals surface area contributed by atoms with Crippen molar-refractivity contribution in [2.45, 2.75) is 6.54 Å². The topological polar surface area (TPSA) is 50.4 Å². The van der Waals surface area contributed by atoms with Gasteiger partial charge in [0, 0.05) is 17.0 Å². The molecule has 3 aromatic rings. The summed E-state index contributed by atoms with van der Waals surface area (Å²) in [4.78, 5) is 13.3. The van der Waals surface area contributed by atoms with E-state index in [1.165, 1.54) is 0 Å². The quantitative estimate of drug-likeness (QED) is 0.705. The summed E-state index contributed by atoms with van der Waals surface area (Å²) in [5.41, 5.74) is 2.83. The molecule has 0 spiro atoms. The molecule has 2 N–H and O–H groups in total. The molecule has 2 amide bonds. The van der Waals surface area contributed by atoms with E-state index in [4.69, 9.17) is 4.74 Å². The normalized spacial score (nSPS) is 10.2. The predicted octanol–water partition coefficient (Wildman–Crippen LogP) is 4.75. The second kappa shape index (κ2) is 7.66. The van der Waals surface area contributed by atoms with Gasteiger partial charge in [0.25, 0.3) is 0 Å². The van der Waals surface area contributed by atoms with E-state index < -0.39 is 0 Å². The van der Waals surface area contributed by atoms with E-state index in [0.29, 0.717) is 6.54 Å². The molecule has 3 rings (SSSR count). The molecule has 0 aliphatic heterocycles. The van der Waals surface area contributed by atoms with Crippen LogP contribution >= 0.6 is 11.3 Å². The van der Waals surface area contributed by atoms with Crippen molar-refractivity contribution >= 4 is 23.1 Å². The minimum atomic E-state index is -0.227. The van der Waals surface area contributed by atoms with Crippen molar-refractivity contribution in [2.24, 2.45) is 0 Å². The fourth-order valence-corrected chi connectivity index (χ4v) is 3.10. The lowest BCUT2D eigenvalue weighted by Gasteiger charge is -2.11. The van der Waals surface area contributed by atoms with Crippen LogP contribution in [0, 0.1) is 0 Å². The van der Waals surface area contributed by atoms with Crippen molar-refractivity contribution < 1.29 is 9.53 Å². The van der Waals surface area contributed by atoms with Crippen LogP contribution < -0.4 is 15.4 Å². The molecule has 0 aliphatic carbocycles. The number of para-hydroxylation sites is 1. The minimum Gasteiger partial charge on any atom is -0.497 e. The summed E-state index contributed by atoms with van der Waals surface area (Å²) in [7, 11) is 1.63. The highest BCUT2D eigenvalue weighted by Crippen LogP contribution is 2.31. The van der Waals surface area contributed by atoms with Gasteiger partial charge in [-0.05, 0) is 35.2 Å². The molecule has 24 heavy (non-hydrogen) atoms. The molecular formula is C19H18N2O2S. The highest BCUT2D eigenvalue weighted by molar-refractivity contribution is 7.13. The Bertz CT molecular complexity index is 798. The molecule has 0 atom stereocenters. The fraction of sp³-hybridized carbons (Fsp3) is 0.105. The zero-order valence-corrected chi connectivity index (χ0v) is 14.1. The molecule has 122 valence electrons. The first-order chi connectivity index (χ1) is 11.8. The molecular weight excluding hydrogens is 320 g/mol. The zero-order valence-electron chi connectivity index (χ0n) is 13.3. The molecule has 0 bridgehead atoms. The Balaban J connectivity index is 1.63. The lowest BCUT2D eigenvalue weighted by atomic mass is 10.1. The summed E-state index contributed by atoms with van der Waals surface area (Å²) in [6.07, 6.45) is 0. The maximum absolute atomic E-state index is 12.2. The molecule has 4 nitrogen and oxygen atoms in total. The van der Waals surface area contributed by atoms with E-state index in [1.807, 2.05) is 66.0 Å². The minimum absolute atomic E-state index is 0.227. The number of rotatable bonds is 5. The van der Waals surface area contributed by atoms with Crippen LogP contribution in [-0.4, -0.2) is 13.1 Å². The average Bonchev–Trinajstić information content (AvgIpc) is 3.15. The number of benzene rings is 2. The van der Waals surface area contributed by atoms with Gasteiger partial charge in [-0.15, -0.1) is 11.3 Å². The number of carbonyl (C=O) groups is 1. The third-order valence-corrected chi connectivity index (χ3v) is 4.48. The summed E-state index contributed by atoms with van der Waals surface area (Å²) in [5.74, 6) is 0.799. The molecule has 0 unspecified atom stereocenters. The van der Waals surface area contributed by atoms with Gasteiger partial charge in [0.2, 0.25) is 0 Å². The number of hydrogen-bond donors (Lipinski definition) is 2. The highest BCUT2D eigenvalue weighted by Gasteiger charge is 2.08. The van der Waals surface area contributed by atoms with Crippen molar-refractivity contribution in [1.29, 1.82) is 0 Å². The van der Waals surface area contributed by atoms with Crippen LogP contribution in [-0.2, 0) is 6.54 Å². The summed E-state index contributed by atoms with van der Waals surface area (Å²) >= 11 is 1.65. The average molecular weight is 338 g/mol. The number of urea groups is 1. The van der Waals surface area contributed by atoms with Gasteiger partial charge in [-0.2, -0.15) is 0 Å². The number of nitrogens with one attached hydrogen (secondary N) is 2. The largest absolute Gasteiger partial charge is 0.497 e. The highest BCUT2D eigenvalue weighted by atomic mass is 32.1. The van der Waals surface area contributed by atoms with Crippen molar-refractivity contribution in [3.63, 3.8) is 0 Å². The lowest BCUT2D eigenvalue weighted by molar-refractivity contribution is 0.252. The second-order valence-electron chi connectivity index (χ2n) is 5.18. The summed E-state index contributed by atoms with van der Waals surface area (Å²) in [6, 6.07) is 19.2. The maximum Gasteiger partial charge on any atom is 0.319 e. The van der Waals surface area contributed by atoms with Crippen molar-refractivity contribution in [2.75, 3.05) is 12.4 Å². The van der Waals surface area contributed by atoms with Crippen LogP contribution in [0.1, 0.15) is 5.56 Å². The van der Waals surface area contributed by atoms with Gasteiger partial charge < -0.3 is 15.4 Å². The third-order valence-electron chi connectivity index (χ3n) is 3.57. The van der Waals surface area contributed by atoms with Crippen LogP contribution in [0.4, 0.5) is 10.5 Å². The van der Waals surface area contributed by atoms with E-state index >= 15 is 0 Å². The Morgan fingerprint density at radius 3 is 2.54 bits per heavy atom. The summed E-state index contributed by atoms with van der Waals surface area (Å²) in [6.45, 7) is 0.455. The van der Waals surface area contributed by atoms with E-state index in [9.17, 15) is 4.79 Å². The first kappa shape index (κ1) is 16.1. The number of thiophene rings is 1. The molecule has 0 saturated heterocycles. The van der Waals surface area contributed by atoms with Gasteiger partial charge >= 0.3 is 6.03 Å². The van der Waals surface area contributed by atoms with Crippen molar-refractivity contribution in [3.05, 3.63) is 71.6 Å². The molecule has 0 fully saturated rings. The number of hydrogen-bond acceptors (Lipinski definition) is 3. The second-order valence-corrected chi connectivity index (χ2v) is 6.13. The van der Waals surface area contributed by atoms with Crippen LogP contribution in [0.2, 0.25) is 0 Å². The molecule has 5 heteroatoms. The number of methoxy groups -OCH3 is 1. The lowest BCUT2D eigenvalue weighted by Crippen LogP contribution is -2.28. The van der Waals surface area contributed by atoms with E-state index in [1.54, 1.807) is 18.4 Å². The SMILES string of the molecule is COc1ccc(CNC(=O)Nc2ccccc2-c2cccs2)cc1. The summed E-state index contributed by atoms with van der Waals surface area (Å²) in [5, 5.41) is 7.82. The molecule has 0 saturated carbocycles. The number of amides is 2. The van der Waals surface area contributed by atoms with Crippen molar-refractivity contribution in [3.8, 4) is 16.2 Å². The van der Waals surface area contributed by atoms with Gasteiger partial charge in [-0.25, -0.2) is 4.79 Å². The number of carbonyl (C=O) groups excluding carboxylic acids is 1. The van der Waals surface area contributed by atoms with Crippen molar-refractivity contribution in [1.82, 2.24) is 5.32 Å². The third kappa shape index (κ3) is 3.94. The Hall–Kier alpha value is -2.79. The molecule has 1 aromatic heterocycles. The first-order valence-electron chi connectivity index (χ1n) is 7.57. The van der Waals surface area contributed by atoms with Crippen LogP contribution in [0.3, 0.4) is 0 Å². The van der Waals surface area contributed by atoms with E-state index in [2.05, 4.69) is 10.6 Å². The monoisotopic (exact) mass is 338 g/mol. The van der Waals surface area contributed by atoms with Gasteiger partial charge in [0.05, 0.1) is 12.8 Å². The standard InChI is InChI=1S/C19H18N2O2S/c1-23-15-10-8-14(9-11-15)13-20-19(22)21-17-6-3-2-5-16(17)18-7-4-12-24-18/h2-12H,13H2,1H3,(H2,20,21,22). The van der Waals surface area contributed by atoms with Gasteiger partial charge in [-0.3, -0.25) is 0 Å². The fourth-order valence-electron chi connectivity index (χ4n) is 2.33. The van der Waals surface area contributed by atoms with E-state index in [0.717, 1.165) is 27.4 Å². The van der Waals surface area contributed by atoms with Crippen LogP contribution in [0.5, 0.6) is 5.75 Å². The predicted molar refractivity (Wildman–Crippen MR) is 98.6 cm³/mol. The summed E-state index contributed by atoms with van der Waals surface area (Å²) < 4.78 is 5.12. The molecule has 0 aliphatic rings. The van der Waals surface area contributed by atoms with Gasteiger partial charge in [0.1, 0.15) is 5.75 Å². The van der Waals surface area contributed by atoms with Crippen LogP contribution in [0.25, 0.3) is 10.4 Å². The smallest absolute Gasteiger partial charge is 0.319 e. The Morgan fingerprint density at radius 2 is 1.83 bits per heavy atom. The number of ether oxygens (including phenoxy) is 1. The zero-order chi connectivity index (χ0) is 16.8. The Kier molecular flexibility index (Phi) is 5.13. The molecule has 2 aromatic carbocycles. The first-order valence-corrected chi connectivity index (χ1v) is 8.45.